The van der Waals surface area contributed by atoms with Crippen molar-refractivity contribution in [2.45, 2.75) is 6.92 Å². The predicted octanol–water partition coefficient (Wildman–Crippen LogP) is -0.893. The van der Waals surface area contributed by atoms with Gasteiger partial charge in [0.1, 0.15) is 0 Å². The monoisotopic (exact) mass is 229 g/mol. The summed E-state index contributed by atoms with van der Waals surface area (Å²) in [7, 11) is 0. The first-order valence-electron chi connectivity index (χ1n) is 3.35. The molecule has 0 spiro atoms. The van der Waals surface area contributed by atoms with E-state index in [0.29, 0.717) is 0 Å². The molecule has 58 valence electrons. The van der Waals surface area contributed by atoms with Crippen molar-refractivity contribution in [2.24, 2.45) is 0 Å². The molecule has 1 heterocycles. The van der Waals surface area contributed by atoms with Crippen molar-refractivity contribution < 1.29 is 31.9 Å². The molecule has 0 aliphatic rings. The molecule has 3 heteroatoms. The summed E-state index contributed by atoms with van der Waals surface area (Å²) in [6.45, 7) is 2.01. The maximum absolute atomic E-state index is 4.31. The molecule has 0 saturated carbocycles. The second-order valence-corrected chi connectivity index (χ2v) is 2.46. The third kappa shape index (κ3) is 2.09. The molecule has 0 aliphatic heterocycles. The van der Waals surface area contributed by atoms with Crippen LogP contribution < -0.4 is 17.4 Å². The van der Waals surface area contributed by atoms with Crippen LogP contribution in [0, 0.1) is 6.92 Å². The molecule has 12 heavy (non-hydrogen) atoms. The summed E-state index contributed by atoms with van der Waals surface area (Å²) in [6.07, 6.45) is 0. The average Bonchev–Trinajstić information content (AvgIpc) is 2.27. The molecular formula is C9H8ClNZn. The molecule has 1 aromatic carbocycles. The summed E-state index contributed by atoms with van der Waals surface area (Å²) in [5.74, 6) is 0. The summed E-state index contributed by atoms with van der Waals surface area (Å²) >= 11 is 0. The van der Waals surface area contributed by atoms with Gasteiger partial charge in [-0.3, -0.25) is 0 Å². The second kappa shape index (κ2) is 4.64. The van der Waals surface area contributed by atoms with Crippen molar-refractivity contribution in [3.8, 4) is 0 Å². The number of hydrogen-bond acceptors (Lipinski definition) is 0. The first-order chi connectivity index (χ1) is 4.86. The van der Waals surface area contributed by atoms with Crippen LogP contribution in [0.2, 0.25) is 0 Å². The molecule has 0 bridgehead atoms. The number of para-hydroxylation sites is 1. The Bertz CT molecular complexity index is 323. The zero-order chi connectivity index (χ0) is 6.97. The van der Waals surface area contributed by atoms with Gasteiger partial charge in [0.15, 0.2) is 0 Å². The van der Waals surface area contributed by atoms with Crippen molar-refractivity contribution in [1.29, 1.82) is 0 Å². The first kappa shape index (κ1) is 11.7. The number of aromatic nitrogens is 1. The maximum atomic E-state index is 4.31. The molecule has 0 fully saturated rings. The van der Waals surface area contributed by atoms with Crippen molar-refractivity contribution in [3.63, 3.8) is 0 Å². The molecular weight excluding hydrogens is 223 g/mol. The molecule has 0 aliphatic carbocycles. The minimum Gasteiger partial charge on any atom is -1.00 e. The summed E-state index contributed by atoms with van der Waals surface area (Å²) in [4.78, 5) is 4.31. The predicted molar refractivity (Wildman–Crippen MR) is 42.0 cm³/mol. The van der Waals surface area contributed by atoms with E-state index in [0.717, 1.165) is 11.2 Å². The van der Waals surface area contributed by atoms with E-state index in [2.05, 4.69) is 17.1 Å². The minimum atomic E-state index is 0. The smallest absolute Gasteiger partial charge is 1.00 e. The summed E-state index contributed by atoms with van der Waals surface area (Å²) in [5.41, 5.74) is 2.20. The van der Waals surface area contributed by atoms with E-state index in [1.807, 2.05) is 25.1 Å². The molecule has 1 aromatic heterocycles. The third-order valence-corrected chi connectivity index (χ3v) is 1.60. The van der Waals surface area contributed by atoms with Gasteiger partial charge >= 0.3 is 19.5 Å². The number of nitrogens with zero attached hydrogens (tertiary/aromatic N) is 1. The van der Waals surface area contributed by atoms with Gasteiger partial charge in [0, 0.05) is 0 Å². The van der Waals surface area contributed by atoms with E-state index in [4.69, 9.17) is 0 Å². The molecule has 0 saturated heterocycles. The van der Waals surface area contributed by atoms with Crippen LogP contribution in [0.5, 0.6) is 0 Å². The summed E-state index contributed by atoms with van der Waals surface area (Å²) in [6, 6.07) is 10.2. The zero-order valence-electron chi connectivity index (χ0n) is 6.92. The summed E-state index contributed by atoms with van der Waals surface area (Å²) < 4.78 is 0. The van der Waals surface area contributed by atoms with Crippen molar-refractivity contribution in [2.75, 3.05) is 0 Å². The molecule has 1 nitrogen and oxygen atoms in total. The molecule has 0 N–H and O–H groups in total. The number of hydrogen-bond donors (Lipinski definition) is 0. The van der Waals surface area contributed by atoms with Crippen LogP contribution in [-0.2, 0) is 19.5 Å². The zero-order valence-corrected chi connectivity index (χ0v) is 10.6. The number of rotatable bonds is 0. The van der Waals surface area contributed by atoms with Crippen LogP contribution >= 0.6 is 0 Å². The fraction of sp³-hybridized carbons (Fsp3) is 0.111. The van der Waals surface area contributed by atoms with Gasteiger partial charge in [0.25, 0.3) is 0 Å². The minimum absolute atomic E-state index is 0. The Labute approximate surface area is 90.7 Å². The van der Waals surface area contributed by atoms with Gasteiger partial charge in [-0.1, -0.05) is 37.3 Å². The Morgan fingerprint density at radius 3 is 2.50 bits per heavy atom. The van der Waals surface area contributed by atoms with Crippen molar-refractivity contribution in [1.82, 2.24) is 4.98 Å². The Morgan fingerprint density at radius 1 is 1.17 bits per heavy atom. The van der Waals surface area contributed by atoms with Gasteiger partial charge in [0.2, 0.25) is 0 Å². The van der Waals surface area contributed by atoms with E-state index in [1.54, 1.807) is 0 Å². The number of halogens is 1. The number of fused-ring (bicyclic) bond motifs is 1. The van der Waals surface area contributed by atoms with E-state index in [-0.39, 0.29) is 31.9 Å². The Hall–Kier alpha value is -0.327. The van der Waals surface area contributed by atoms with Gasteiger partial charge in [0.05, 0.1) is 0 Å². The van der Waals surface area contributed by atoms with Crippen LogP contribution in [0.15, 0.2) is 30.3 Å². The Morgan fingerprint density at radius 2 is 1.83 bits per heavy atom. The van der Waals surface area contributed by atoms with Gasteiger partial charge in [-0.15, -0.1) is 5.52 Å². The standard InChI is InChI=1S/C9H8N.ClH.Zn/c1-7-6-8-4-2-3-5-9(8)10-7;;/h2-6H,1H3;1H;/q-1;;+2/p-1. The molecule has 2 rings (SSSR count). The maximum Gasteiger partial charge on any atom is 2.00 e. The molecule has 0 atom stereocenters. The number of benzene rings is 1. The first-order valence-corrected chi connectivity index (χ1v) is 3.35. The van der Waals surface area contributed by atoms with Gasteiger partial charge in [-0.2, -0.15) is 5.69 Å². The van der Waals surface area contributed by atoms with Crippen molar-refractivity contribution >= 4 is 10.9 Å². The van der Waals surface area contributed by atoms with Crippen LogP contribution in [0.4, 0.5) is 0 Å². The van der Waals surface area contributed by atoms with Gasteiger partial charge in [-0.05, 0) is 5.39 Å². The average molecular weight is 231 g/mol. The van der Waals surface area contributed by atoms with E-state index in [9.17, 15) is 0 Å². The van der Waals surface area contributed by atoms with Crippen LogP contribution in [-0.4, -0.2) is 0 Å². The Balaban J connectivity index is 0.000000605. The molecule has 0 amide bonds. The van der Waals surface area contributed by atoms with E-state index in [1.165, 1.54) is 5.39 Å². The topological polar surface area (TPSA) is 14.1 Å². The molecule has 0 unspecified atom stereocenters. The van der Waals surface area contributed by atoms with Gasteiger partial charge in [-0.25, -0.2) is 0 Å². The van der Waals surface area contributed by atoms with Crippen LogP contribution in [0.3, 0.4) is 0 Å². The third-order valence-electron chi connectivity index (χ3n) is 1.60. The molecule has 2 aromatic rings. The molecule has 0 radical (unpaired) electrons. The largest absolute Gasteiger partial charge is 2.00 e. The number of aryl methyl sites for hydroxylation is 1. The van der Waals surface area contributed by atoms with Crippen LogP contribution in [0.1, 0.15) is 5.69 Å². The van der Waals surface area contributed by atoms with Crippen molar-refractivity contribution in [3.05, 3.63) is 36.0 Å². The SMILES string of the molecule is Cc1cc2ccccc2[n-]1.[Cl-].[Zn+2]. The fourth-order valence-electron chi connectivity index (χ4n) is 1.16. The van der Waals surface area contributed by atoms with Gasteiger partial charge < -0.3 is 17.4 Å². The fourth-order valence-corrected chi connectivity index (χ4v) is 1.16. The normalized spacial score (nSPS) is 8.75. The van der Waals surface area contributed by atoms with Crippen LogP contribution in [0.25, 0.3) is 10.9 Å². The second-order valence-electron chi connectivity index (χ2n) is 2.46. The Kier molecular flexibility index (Phi) is 4.51. The van der Waals surface area contributed by atoms with E-state index >= 15 is 0 Å². The quantitative estimate of drug-likeness (QED) is 0.536. The van der Waals surface area contributed by atoms with E-state index < -0.39 is 0 Å². The summed E-state index contributed by atoms with van der Waals surface area (Å²) in [5, 5.41) is 1.24.